The second-order valence-corrected chi connectivity index (χ2v) is 18.8. The lowest BCUT2D eigenvalue weighted by atomic mass is 9.94. The highest BCUT2D eigenvalue weighted by atomic mass is 15.1. The molecule has 0 N–H and O–H groups in total. The van der Waals surface area contributed by atoms with Crippen LogP contribution in [0.2, 0.25) is 0 Å². The summed E-state index contributed by atoms with van der Waals surface area (Å²) in [5.41, 5.74) is 18.8. The van der Waals surface area contributed by atoms with E-state index in [4.69, 9.17) is 4.98 Å². The van der Waals surface area contributed by atoms with E-state index in [2.05, 4.69) is 279 Å². The first kappa shape index (κ1) is 40.2. The molecule has 11 aromatic carbocycles. The van der Waals surface area contributed by atoms with Crippen molar-refractivity contribution in [1.29, 1.82) is 0 Å². The van der Waals surface area contributed by atoms with Crippen molar-refractivity contribution in [2.45, 2.75) is 0 Å². The molecule has 0 saturated heterocycles. The number of nitrogens with zero attached hydrogens (tertiary/aromatic N) is 5. The minimum absolute atomic E-state index is 0.883. The minimum Gasteiger partial charge on any atom is -0.309 e. The molecule has 0 aliphatic carbocycles. The SMILES string of the molecule is c1ccc(-n2c(-c3cc(-c4cc(-n5c6ccccc6c6ccccc65)cc(-n5c6ccccc6c6ccccc65)c4)cc(-c4ccc5c(c4)c4ccccc4n5-c4ccccc4)c3)nc3ccccc32)cc1. The van der Waals surface area contributed by atoms with E-state index < -0.39 is 0 Å². The van der Waals surface area contributed by atoms with Crippen LogP contribution in [-0.2, 0) is 0 Å². The van der Waals surface area contributed by atoms with Crippen LogP contribution in [0, 0.1) is 0 Å². The van der Waals surface area contributed by atoms with E-state index in [1.54, 1.807) is 0 Å². The van der Waals surface area contributed by atoms with Crippen molar-refractivity contribution in [3.8, 4) is 56.4 Å². The summed E-state index contributed by atoms with van der Waals surface area (Å²) in [6.45, 7) is 0. The van der Waals surface area contributed by atoms with E-state index in [-0.39, 0.29) is 0 Å². The fourth-order valence-electron chi connectivity index (χ4n) is 11.6. The molecule has 72 heavy (non-hydrogen) atoms. The van der Waals surface area contributed by atoms with E-state index >= 15 is 0 Å². The molecule has 15 rings (SSSR count). The Kier molecular flexibility index (Phi) is 8.89. The smallest absolute Gasteiger partial charge is 0.145 e. The molecular formula is C67H43N5. The topological polar surface area (TPSA) is 32.6 Å². The monoisotopic (exact) mass is 917 g/mol. The Bertz CT molecular complexity index is 4390. The average molecular weight is 918 g/mol. The van der Waals surface area contributed by atoms with Gasteiger partial charge < -0.3 is 13.7 Å². The highest BCUT2D eigenvalue weighted by Gasteiger charge is 2.21. The Morgan fingerprint density at radius 1 is 0.208 bits per heavy atom. The predicted molar refractivity (Wildman–Crippen MR) is 300 cm³/mol. The van der Waals surface area contributed by atoms with Crippen molar-refractivity contribution in [1.82, 2.24) is 23.3 Å². The highest BCUT2D eigenvalue weighted by molar-refractivity contribution is 6.12. The van der Waals surface area contributed by atoms with Crippen molar-refractivity contribution >= 4 is 76.5 Å². The van der Waals surface area contributed by atoms with Gasteiger partial charge in [-0.2, -0.15) is 0 Å². The number of para-hydroxylation sites is 9. The Balaban J connectivity index is 1.04. The van der Waals surface area contributed by atoms with Crippen molar-refractivity contribution in [2.24, 2.45) is 0 Å². The first-order valence-corrected chi connectivity index (χ1v) is 24.6. The summed E-state index contributed by atoms with van der Waals surface area (Å²) >= 11 is 0. The maximum atomic E-state index is 5.46. The van der Waals surface area contributed by atoms with Gasteiger partial charge in [-0.05, 0) is 138 Å². The quantitative estimate of drug-likeness (QED) is 0.157. The van der Waals surface area contributed by atoms with Crippen LogP contribution in [-0.4, -0.2) is 23.3 Å². The molecule has 4 heterocycles. The van der Waals surface area contributed by atoms with Gasteiger partial charge in [-0.15, -0.1) is 0 Å². The summed E-state index contributed by atoms with van der Waals surface area (Å²) in [4.78, 5) is 5.46. The molecule has 0 spiro atoms. The number of hydrogen-bond acceptors (Lipinski definition) is 1. The lowest BCUT2D eigenvalue weighted by molar-refractivity contribution is 1.10. The molecule has 0 unspecified atom stereocenters. The third kappa shape index (κ3) is 6.17. The van der Waals surface area contributed by atoms with Gasteiger partial charge in [0.25, 0.3) is 0 Å². The summed E-state index contributed by atoms with van der Waals surface area (Å²) in [6.07, 6.45) is 0. The van der Waals surface area contributed by atoms with Gasteiger partial charge in [0.2, 0.25) is 0 Å². The number of benzene rings is 11. The van der Waals surface area contributed by atoms with Gasteiger partial charge >= 0.3 is 0 Å². The average Bonchev–Trinajstić information content (AvgIpc) is 4.20. The Morgan fingerprint density at radius 3 is 1.08 bits per heavy atom. The fraction of sp³-hybridized carbons (Fsp3) is 0. The molecule has 0 aliphatic heterocycles. The van der Waals surface area contributed by atoms with Crippen molar-refractivity contribution in [3.63, 3.8) is 0 Å². The largest absolute Gasteiger partial charge is 0.309 e. The number of hydrogen-bond donors (Lipinski definition) is 0. The zero-order valence-corrected chi connectivity index (χ0v) is 39.1. The molecule has 0 amide bonds. The van der Waals surface area contributed by atoms with Gasteiger partial charge in [0.1, 0.15) is 5.82 Å². The van der Waals surface area contributed by atoms with Gasteiger partial charge in [0.15, 0.2) is 0 Å². The molecule has 0 aliphatic rings. The van der Waals surface area contributed by atoms with Crippen LogP contribution in [0.25, 0.3) is 133 Å². The number of rotatable bonds is 7. The van der Waals surface area contributed by atoms with Crippen LogP contribution in [0.3, 0.4) is 0 Å². The second kappa shape index (κ2) is 15.9. The van der Waals surface area contributed by atoms with E-state index in [0.29, 0.717) is 0 Å². The van der Waals surface area contributed by atoms with E-state index in [1.165, 1.54) is 43.4 Å². The van der Waals surface area contributed by atoms with Crippen LogP contribution in [0.4, 0.5) is 0 Å². The molecule has 15 aromatic rings. The number of aromatic nitrogens is 5. The van der Waals surface area contributed by atoms with Crippen molar-refractivity contribution < 1.29 is 0 Å². The van der Waals surface area contributed by atoms with Crippen molar-refractivity contribution in [3.05, 3.63) is 261 Å². The van der Waals surface area contributed by atoms with E-state index in [0.717, 1.165) is 89.5 Å². The van der Waals surface area contributed by atoms with Crippen LogP contribution in [0.5, 0.6) is 0 Å². The molecule has 0 atom stereocenters. The van der Waals surface area contributed by atoms with Crippen LogP contribution in [0.1, 0.15) is 0 Å². The van der Waals surface area contributed by atoms with E-state index in [1.807, 2.05) is 0 Å². The summed E-state index contributed by atoms with van der Waals surface area (Å²) in [5.74, 6) is 0.883. The fourth-order valence-corrected chi connectivity index (χ4v) is 11.6. The molecule has 0 fully saturated rings. The lowest BCUT2D eigenvalue weighted by Gasteiger charge is -2.17. The zero-order valence-electron chi connectivity index (χ0n) is 39.1. The third-order valence-electron chi connectivity index (χ3n) is 14.7. The first-order chi connectivity index (χ1) is 35.7. The molecule has 5 nitrogen and oxygen atoms in total. The minimum atomic E-state index is 0.883. The maximum absolute atomic E-state index is 5.46. The van der Waals surface area contributed by atoms with Gasteiger partial charge in [-0.1, -0.05) is 146 Å². The van der Waals surface area contributed by atoms with E-state index in [9.17, 15) is 0 Å². The standard InChI is InChI=1S/C67H43N5/c1-3-19-49(20-4-1)69-64-33-17-11-27-57(64)58-42-44(35-36-65(58)69)45-37-46(39-48(38-45)67-68-59-28-12-18-34-66(59)72(67)50-21-5-2-6-22-50)47-40-51(70-60-29-13-7-23-53(60)54-24-8-14-30-61(54)70)43-52(41-47)71-62-31-15-9-25-55(62)56-26-10-16-32-63(56)71/h1-43H. The first-order valence-electron chi connectivity index (χ1n) is 24.6. The molecule has 336 valence electrons. The molecular weight excluding hydrogens is 875 g/mol. The molecule has 0 bridgehead atoms. The summed E-state index contributed by atoms with van der Waals surface area (Å²) in [6, 6.07) is 94.9. The maximum Gasteiger partial charge on any atom is 0.145 e. The van der Waals surface area contributed by atoms with Crippen LogP contribution < -0.4 is 0 Å². The highest BCUT2D eigenvalue weighted by Crippen LogP contribution is 2.42. The predicted octanol–water partition coefficient (Wildman–Crippen LogP) is 17.3. The second-order valence-electron chi connectivity index (χ2n) is 18.8. The Labute approximate surface area is 414 Å². The normalized spacial score (nSPS) is 11.9. The molecule has 0 radical (unpaired) electrons. The molecule has 4 aromatic heterocycles. The van der Waals surface area contributed by atoms with Gasteiger partial charge in [0.05, 0.1) is 44.1 Å². The zero-order chi connectivity index (χ0) is 47.3. The molecule has 0 saturated carbocycles. The van der Waals surface area contributed by atoms with Gasteiger partial charge in [-0.3, -0.25) is 4.57 Å². The van der Waals surface area contributed by atoms with Crippen LogP contribution >= 0.6 is 0 Å². The van der Waals surface area contributed by atoms with Gasteiger partial charge in [-0.25, -0.2) is 4.98 Å². The van der Waals surface area contributed by atoms with Crippen molar-refractivity contribution in [2.75, 3.05) is 0 Å². The lowest BCUT2D eigenvalue weighted by Crippen LogP contribution is -2.01. The summed E-state index contributed by atoms with van der Waals surface area (Å²) in [5, 5.41) is 7.33. The Hall–Kier alpha value is -9.71. The number of imidazole rings is 1. The number of fused-ring (bicyclic) bond motifs is 10. The van der Waals surface area contributed by atoms with Gasteiger partial charge in [0, 0.05) is 60.6 Å². The summed E-state index contributed by atoms with van der Waals surface area (Å²) in [7, 11) is 0. The summed E-state index contributed by atoms with van der Waals surface area (Å²) < 4.78 is 9.59. The Morgan fingerprint density at radius 2 is 0.569 bits per heavy atom. The molecule has 5 heteroatoms. The van der Waals surface area contributed by atoms with Crippen LogP contribution in [0.15, 0.2) is 261 Å². The third-order valence-corrected chi connectivity index (χ3v) is 14.7.